The summed E-state index contributed by atoms with van der Waals surface area (Å²) in [7, 11) is 0. The molecule has 0 unspecified atom stereocenters. The van der Waals surface area contributed by atoms with Gasteiger partial charge in [-0.1, -0.05) is 26.7 Å². The number of fused-ring (bicyclic) bond motifs is 1. The first-order valence-electron chi connectivity index (χ1n) is 9.28. The molecule has 130 valence electrons. The Morgan fingerprint density at radius 2 is 2.00 bits per heavy atom. The van der Waals surface area contributed by atoms with E-state index in [0.717, 1.165) is 56.4 Å². The first kappa shape index (κ1) is 17.0. The molecule has 24 heavy (non-hydrogen) atoms. The lowest BCUT2D eigenvalue weighted by Crippen LogP contribution is -2.36. The minimum Gasteiger partial charge on any atom is -0.326 e. The van der Waals surface area contributed by atoms with Crippen LogP contribution >= 0.6 is 0 Å². The minimum absolute atomic E-state index is 0.149. The lowest BCUT2D eigenvalue weighted by Gasteiger charge is -2.30. The van der Waals surface area contributed by atoms with Gasteiger partial charge >= 0.3 is 0 Å². The van der Waals surface area contributed by atoms with Crippen LogP contribution in [0, 0.1) is 11.8 Å². The van der Waals surface area contributed by atoms with Gasteiger partial charge < -0.3 is 10.2 Å². The smallest absolute Gasteiger partial charge is 0.227 e. The second-order valence-corrected chi connectivity index (χ2v) is 7.54. The van der Waals surface area contributed by atoms with Crippen molar-refractivity contribution in [1.82, 2.24) is 0 Å². The molecule has 2 aliphatic rings. The van der Waals surface area contributed by atoms with Crippen molar-refractivity contribution in [2.45, 2.75) is 58.8 Å². The van der Waals surface area contributed by atoms with Gasteiger partial charge in [0.15, 0.2) is 0 Å². The molecular weight excluding hydrogens is 300 g/mol. The van der Waals surface area contributed by atoms with Crippen LogP contribution in [0.5, 0.6) is 0 Å². The second-order valence-electron chi connectivity index (χ2n) is 7.54. The number of benzene rings is 1. The van der Waals surface area contributed by atoms with Crippen molar-refractivity contribution in [1.29, 1.82) is 0 Å². The fraction of sp³-hybridized carbons (Fsp3) is 0.600. The Kier molecular flexibility index (Phi) is 5.22. The van der Waals surface area contributed by atoms with Gasteiger partial charge in [-0.3, -0.25) is 9.59 Å². The molecule has 1 aliphatic heterocycles. The van der Waals surface area contributed by atoms with E-state index in [4.69, 9.17) is 0 Å². The Balaban J connectivity index is 1.72. The molecule has 1 N–H and O–H groups in total. The largest absolute Gasteiger partial charge is 0.326 e. The van der Waals surface area contributed by atoms with E-state index >= 15 is 0 Å². The highest BCUT2D eigenvalue weighted by molar-refractivity contribution is 5.98. The molecule has 1 heterocycles. The van der Waals surface area contributed by atoms with Crippen molar-refractivity contribution in [2.75, 3.05) is 16.8 Å². The van der Waals surface area contributed by atoms with E-state index in [2.05, 4.69) is 25.2 Å². The van der Waals surface area contributed by atoms with E-state index in [1.54, 1.807) is 0 Å². The first-order chi connectivity index (χ1) is 11.5. The average molecular weight is 328 g/mol. The van der Waals surface area contributed by atoms with Crippen molar-refractivity contribution >= 4 is 23.2 Å². The van der Waals surface area contributed by atoms with Crippen LogP contribution in [0.15, 0.2) is 18.2 Å². The number of amides is 2. The number of hydrogen-bond donors (Lipinski definition) is 1. The maximum Gasteiger partial charge on any atom is 0.227 e. The summed E-state index contributed by atoms with van der Waals surface area (Å²) in [4.78, 5) is 26.5. The lowest BCUT2D eigenvalue weighted by atomic mass is 9.99. The molecule has 0 aromatic heterocycles. The SMILES string of the molecule is CC(C)CCN1C(=O)CCc2cc(NC(=O)C3CCCC3)ccc21. The zero-order valence-corrected chi connectivity index (χ0v) is 14.8. The highest BCUT2D eigenvalue weighted by Gasteiger charge is 2.26. The first-order valence-corrected chi connectivity index (χ1v) is 9.28. The Morgan fingerprint density at radius 1 is 1.25 bits per heavy atom. The molecule has 1 saturated carbocycles. The van der Waals surface area contributed by atoms with Crippen molar-refractivity contribution < 1.29 is 9.59 Å². The summed E-state index contributed by atoms with van der Waals surface area (Å²) in [5.74, 6) is 1.11. The Labute approximate surface area is 144 Å². The normalized spacial score (nSPS) is 18.1. The van der Waals surface area contributed by atoms with Gasteiger partial charge in [0.2, 0.25) is 11.8 Å². The van der Waals surface area contributed by atoms with Gasteiger partial charge in [0.1, 0.15) is 0 Å². The lowest BCUT2D eigenvalue weighted by molar-refractivity contribution is -0.120. The van der Waals surface area contributed by atoms with Gasteiger partial charge in [-0.25, -0.2) is 0 Å². The summed E-state index contributed by atoms with van der Waals surface area (Å²) < 4.78 is 0. The van der Waals surface area contributed by atoms with Gasteiger partial charge in [0.05, 0.1) is 0 Å². The van der Waals surface area contributed by atoms with Crippen LogP contribution in [-0.2, 0) is 16.0 Å². The molecule has 1 aromatic carbocycles. The average Bonchev–Trinajstić information content (AvgIpc) is 3.08. The van der Waals surface area contributed by atoms with Gasteiger partial charge in [-0.2, -0.15) is 0 Å². The third-order valence-corrected chi connectivity index (χ3v) is 5.20. The summed E-state index contributed by atoms with van der Waals surface area (Å²) in [5.41, 5.74) is 3.05. The number of nitrogens with one attached hydrogen (secondary N) is 1. The standard InChI is InChI=1S/C20H28N2O2/c1-14(2)11-12-22-18-9-8-17(13-16(18)7-10-19(22)23)21-20(24)15-5-3-4-6-15/h8-9,13-15H,3-7,10-12H2,1-2H3,(H,21,24). The van der Waals surface area contributed by atoms with Crippen LogP contribution in [-0.4, -0.2) is 18.4 Å². The molecule has 0 saturated heterocycles. The summed E-state index contributed by atoms with van der Waals surface area (Å²) >= 11 is 0. The van der Waals surface area contributed by atoms with Crippen LogP contribution < -0.4 is 10.2 Å². The summed E-state index contributed by atoms with van der Waals surface area (Å²) in [6.45, 7) is 5.13. The van der Waals surface area contributed by atoms with Gasteiger partial charge in [-0.05, 0) is 55.4 Å². The number of rotatable bonds is 5. The molecule has 0 radical (unpaired) electrons. The van der Waals surface area contributed by atoms with E-state index in [1.165, 1.54) is 5.56 Å². The number of hydrogen-bond acceptors (Lipinski definition) is 2. The molecule has 3 rings (SSSR count). The van der Waals surface area contributed by atoms with Crippen molar-refractivity contribution in [3.05, 3.63) is 23.8 Å². The Morgan fingerprint density at radius 3 is 2.71 bits per heavy atom. The van der Waals surface area contributed by atoms with E-state index in [1.807, 2.05) is 17.0 Å². The maximum atomic E-state index is 12.3. The molecule has 4 heteroatoms. The molecule has 0 bridgehead atoms. The number of carbonyl (C=O) groups excluding carboxylic acids is 2. The predicted molar refractivity (Wildman–Crippen MR) is 97.2 cm³/mol. The minimum atomic E-state index is 0.149. The second kappa shape index (κ2) is 7.37. The number of aryl methyl sites for hydroxylation is 1. The molecule has 0 atom stereocenters. The van der Waals surface area contributed by atoms with Crippen LogP contribution in [0.4, 0.5) is 11.4 Å². The van der Waals surface area contributed by atoms with E-state index in [-0.39, 0.29) is 17.7 Å². The summed E-state index contributed by atoms with van der Waals surface area (Å²) in [6, 6.07) is 5.99. The summed E-state index contributed by atoms with van der Waals surface area (Å²) in [5, 5.41) is 3.07. The van der Waals surface area contributed by atoms with Gasteiger partial charge in [0, 0.05) is 30.3 Å². The van der Waals surface area contributed by atoms with Crippen molar-refractivity contribution in [2.24, 2.45) is 11.8 Å². The third-order valence-electron chi connectivity index (χ3n) is 5.20. The highest BCUT2D eigenvalue weighted by atomic mass is 16.2. The van der Waals surface area contributed by atoms with Crippen LogP contribution in [0.2, 0.25) is 0 Å². The fourth-order valence-electron chi connectivity index (χ4n) is 3.70. The third kappa shape index (κ3) is 3.80. The molecule has 1 aliphatic carbocycles. The van der Waals surface area contributed by atoms with Crippen LogP contribution in [0.3, 0.4) is 0 Å². The molecule has 2 amide bonds. The van der Waals surface area contributed by atoms with Gasteiger partial charge in [-0.15, -0.1) is 0 Å². The zero-order chi connectivity index (χ0) is 17.1. The maximum absolute atomic E-state index is 12.3. The quantitative estimate of drug-likeness (QED) is 0.883. The van der Waals surface area contributed by atoms with E-state index < -0.39 is 0 Å². The molecule has 4 nitrogen and oxygen atoms in total. The number of carbonyl (C=O) groups is 2. The topological polar surface area (TPSA) is 49.4 Å². The molecule has 1 fully saturated rings. The molecule has 1 aromatic rings. The number of anilines is 2. The Hall–Kier alpha value is -1.84. The van der Waals surface area contributed by atoms with E-state index in [0.29, 0.717) is 12.3 Å². The van der Waals surface area contributed by atoms with Crippen LogP contribution in [0.25, 0.3) is 0 Å². The van der Waals surface area contributed by atoms with Gasteiger partial charge in [0.25, 0.3) is 0 Å². The van der Waals surface area contributed by atoms with E-state index in [9.17, 15) is 9.59 Å². The van der Waals surface area contributed by atoms with Crippen LogP contribution in [0.1, 0.15) is 57.9 Å². The predicted octanol–water partition coefficient (Wildman–Crippen LogP) is 4.14. The Bertz CT molecular complexity index is 618. The molecular formula is C20H28N2O2. The fourth-order valence-corrected chi connectivity index (χ4v) is 3.70. The number of nitrogens with zero attached hydrogens (tertiary/aromatic N) is 1. The van der Waals surface area contributed by atoms with Crippen molar-refractivity contribution in [3.63, 3.8) is 0 Å². The highest BCUT2D eigenvalue weighted by Crippen LogP contribution is 2.32. The molecule has 0 spiro atoms. The zero-order valence-electron chi connectivity index (χ0n) is 14.8. The van der Waals surface area contributed by atoms with Crippen molar-refractivity contribution in [3.8, 4) is 0 Å². The monoisotopic (exact) mass is 328 g/mol. The summed E-state index contributed by atoms with van der Waals surface area (Å²) in [6.07, 6.45) is 6.67.